The van der Waals surface area contributed by atoms with Crippen molar-refractivity contribution >= 4 is 11.6 Å². The molecule has 3 aromatic rings. The molecular formula is C23H26N2O4. The number of aromatic nitrogens is 1. The van der Waals surface area contributed by atoms with Crippen molar-refractivity contribution in [2.45, 2.75) is 40.2 Å². The number of nitrogens with one attached hydrogen (secondary N) is 1. The van der Waals surface area contributed by atoms with Gasteiger partial charge in [0.25, 0.3) is 5.91 Å². The first kappa shape index (κ1) is 20.5. The van der Waals surface area contributed by atoms with Gasteiger partial charge in [0, 0.05) is 5.56 Å². The molecule has 0 aliphatic carbocycles. The average molecular weight is 394 g/mol. The third kappa shape index (κ3) is 5.38. The number of para-hydroxylation sites is 2. The zero-order chi connectivity index (χ0) is 20.6. The standard InChI is InChI=1S/C23H26N2O4/c1-4-5-13-27-22-12-7-6-11-21(22)24-23(26)18-9-8-10-19(14-18)28-15-20-16(2)25-29-17(20)3/h6-12,14H,4-5,13,15H2,1-3H3,(H,24,26). The molecule has 0 fully saturated rings. The van der Waals surface area contributed by atoms with Crippen LogP contribution in [-0.4, -0.2) is 17.7 Å². The van der Waals surface area contributed by atoms with Crippen molar-refractivity contribution in [3.63, 3.8) is 0 Å². The number of benzene rings is 2. The normalized spacial score (nSPS) is 10.6. The summed E-state index contributed by atoms with van der Waals surface area (Å²) in [5, 5.41) is 6.85. The molecule has 3 rings (SSSR count). The molecule has 1 amide bonds. The number of amides is 1. The number of nitrogens with zero attached hydrogens (tertiary/aromatic N) is 1. The second-order valence-corrected chi connectivity index (χ2v) is 6.77. The Labute approximate surface area is 170 Å². The lowest BCUT2D eigenvalue weighted by molar-refractivity contribution is 0.102. The van der Waals surface area contributed by atoms with E-state index >= 15 is 0 Å². The van der Waals surface area contributed by atoms with E-state index in [1.165, 1.54) is 0 Å². The van der Waals surface area contributed by atoms with E-state index in [1.54, 1.807) is 18.2 Å². The minimum absolute atomic E-state index is 0.223. The van der Waals surface area contributed by atoms with Gasteiger partial charge in [-0.05, 0) is 50.6 Å². The molecule has 1 N–H and O–H groups in total. The molecule has 0 atom stereocenters. The molecule has 0 radical (unpaired) electrons. The van der Waals surface area contributed by atoms with E-state index in [0.29, 0.717) is 36.0 Å². The van der Waals surface area contributed by atoms with E-state index in [0.717, 1.165) is 29.9 Å². The van der Waals surface area contributed by atoms with Crippen LogP contribution in [0.15, 0.2) is 53.1 Å². The van der Waals surface area contributed by atoms with Gasteiger partial charge in [-0.1, -0.05) is 36.7 Å². The maximum absolute atomic E-state index is 12.7. The third-order valence-corrected chi connectivity index (χ3v) is 4.55. The average Bonchev–Trinajstić information content (AvgIpc) is 3.05. The molecule has 0 saturated heterocycles. The maximum atomic E-state index is 12.7. The first-order valence-electron chi connectivity index (χ1n) is 9.76. The molecule has 2 aromatic carbocycles. The Balaban J connectivity index is 1.67. The largest absolute Gasteiger partial charge is 0.491 e. The van der Waals surface area contributed by atoms with Crippen molar-refractivity contribution in [1.82, 2.24) is 5.16 Å². The van der Waals surface area contributed by atoms with Crippen LogP contribution in [0, 0.1) is 13.8 Å². The molecule has 6 nitrogen and oxygen atoms in total. The van der Waals surface area contributed by atoms with Crippen molar-refractivity contribution in [2.75, 3.05) is 11.9 Å². The first-order valence-corrected chi connectivity index (χ1v) is 9.76. The van der Waals surface area contributed by atoms with Gasteiger partial charge >= 0.3 is 0 Å². The lowest BCUT2D eigenvalue weighted by atomic mass is 10.2. The highest BCUT2D eigenvalue weighted by Gasteiger charge is 2.12. The maximum Gasteiger partial charge on any atom is 0.255 e. The highest BCUT2D eigenvalue weighted by molar-refractivity contribution is 6.05. The molecule has 152 valence electrons. The molecule has 0 saturated carbocycles. The summed E-state index contributed by atoms with van der Waals surface area (Å²) in [6, 6.07) is 14.5. The Bertz CT molecular complexity index is 946. The van der Waals surface area contributed by atoms with Crippen LogP contribution in [0.1, 0.15) is 47.1 Å². The molecule has 1 heterocycles. The number of hydrogen-bond acceptors (Lipinski definition) is 5. The van der Waals surface area contributed by atoms with Gasteiger partial charge in [0.1, 0.15) is 23.9 Å². The summed E-state index contributed by atoms with van der Waals surface area (Å²) >= 11 is 0. The minimum Gasteiger partial charge on any atom is -0.491 e. The van der Waals surface area contributed by atoms with E-state index in [2.05, 4.69) is 17.4 Å². The third-order valence-electron chi connectivity index (χ3n) is 4.55. The summed E-state index contributed by atoms with van der Waals surface area (Å²) in [6.07, 6.45) is 2.02. The predicted octanol–water partition coefficient (Wildman–Crippen LogP) is 5.30. The van der Waals surface area contributed by atoms with E-state index in [1.807, 2.05) is 44.2 Å². The van der Waals surface area contributed by atoms with Gasteiger partial charge in [0.05, 0.1) is 23.6 Å². The number of ether oxygens (including phenoxy) is 2. The van der Waals surface area contributed by atoms with E-state index in [4.69, 9.17) is 14.0 Å². The lowest BCUT2D eigenvalue weighted by Gasteiger charge is -2.13. The number of aryl methyl sites for hydroxylation is 2. The summed E-state index contributed by atoms with van der Waals surface area (Å²) in [6.45, 7) is 6.79. The van der Waals surface area contributed by atoms with Gasteiger partial charge in [-0.2, -0.15) is 0 Å². The van der Waals surface area contributed by atoms with Crippen molar-refractivity contribution in [1.29, 1.82) is 0 Å². The summed E-state index contributed by atoms with van der Waals surface area (Å²) < 4.78 is 16.8. The van der Waals surface area contributed by atoms with Crippen LogP contribution >= 0.6 is 0 Å². The van der Waals surface area contributed by atoms with Crippen LogP contribution in [0.2, 0.25) is 0 Å². The monoisotopic (exact) mass is 394 g/mol. The van der Waals surface area contributed by atoms with Gasteiger partial charge in [-0.25, -0.2) is 0 Å². The predicted molar refractivity (Wildman–Crippen MR) is 112 cm³/mol. The first-order chi connectivity index (χ1) is 14.1. The molecule has 0 spiro atoms. The highest BCUT2D eigenvalue weighted by atomic mass is 16.5. The molecular weight excluding hydrogens is 368 g/mol. The van der Waals surface area contributed by atoms with Crippen molar-refractivity contribution in [3.05, 3.63) is 71.1 Å². The molecule has 0 bridgehead atoms. The lowest BCUT2D eigenvalue weighted by Crippen LogP contribution is -2.13. The molecule has 6 heteroatoms. The molecule has 29 heavy (non-hydrogen) atoms. The van der Waals surface area contributed by atoms with Crippen molar-refractivity contribution in [2.24, 2.45) is 0 Å². The molecule has 0 unspecified atom stereocenters. The van der Waals surface area contributed by atoms with Crippen LogP contribution in [-0.2, 0) is 6.61 Å². The Hall–Kier alpha value is -3.28. The summed E-state index contributed by atoms with van der Waals surface area (Å²) in [5.41, 5.74) is 2.87. The number of anilines is 1. The number of carbonyl (C=O) groups is 1. The summed E-state index contributed by atoms with van der Waals surface area (Å²) in [7, 11) is 0. The Morgan fingerprint density at radius 3 is 2.69 bits per heavy atom. The Morgan fingerprint density at radius 2 is 1.93 bits per heavy atom. The molecule has 0 aliphatic rings. The van der Waals surface area contributed by atoms with Crippen LogP contribution < -0.4 is 14.8 Å². The fourth-order valence-corrected chi connectivity index (χ4v) is 2.81. The van der Waals surface area contributed by atoms with Crippen LogP contribution in [0.5, 0.6) is 11.5 Å². The number of hydrogen-bond donors (Lipinski definition) is 1. The van der Waals surface area contributed by atoms with E-state index < -0.39 is 0 Å². The van der Waals surface area contributed by atoms with Crippen LogP contribution in [0.4, 0.5) is 5.69 Å². The van der Waals surface area contributed by atoms with Gasteiger partial charge in [0.2, 0.25) is 0 Å². The quantitative estimate of drug-likeness (QED) is 0.499. The molecule has 0 aliphatic heterocycles. The topological polar surface area (TPSA) is 73.6 Å². The number of carbonyl (C=O) groups excluding carboxylic acids is 1. The summed E-state index contributed by atoms with van der Waals surface area (Å²) in [4.78, 5) is 12.7. The molecule has 1 aromatic heterocycles. The van der Waals surface area contributed by atoms with E-state index in [9.17, 15) is 4.79 Å². The number of unbranched alkanes of at least 4 members (excludes halogenated alkanes) is 1. The van der Waals surface area contributed by atoms with Gasteiger partial charge in [0.15, 0.2) is 0 Å². The number of rotatable bonds is 9. The van der Waals surface area contributed by atoms with Gasteiger partial charge in [-0.3, -0.25) is 4.79 Å². The fourth-order valence-electron chi connectivity index (χ4n) is 2.81. The zero-order valence-corrected chi connectivity index (χ0v) is 17.0. The second-order valence-electron chi connectivity index (χ2n) is 6.77. The second kappa shape index (κ2) is 9.78. The van der Waals surface area contributed by atoms with Gasteiger partial charge < -0.3 is 19.3 Å². The minimum atomic E-state index is -0.223. The summed E-state index contributed by atoms with van der Waals surface area (Å²) in [5.74, 6) is 1.78. The van der Waals surface area contributed by atoms with E-state index in [-0.39, 0.29) is 5.91 Å². The van der Waals surface area contributed by atoms with Crippen LogP contribution in [0.25, 0.3) is 0 Å². The smallest absolute Gasteiger partial charge is 0.255 e. The van der Waals surface area contributed by atoms with Gasteiger partial charge in [-0.15, -0.1) is 0 Å². The van der Waals surface area contributed by atoms with Crippen molar-refractivity contribution in [3.8, 4) is 11.5 Å². The fraction of sp³-hybridized carbons (Fsp3) is 0.304. The SMILES string of the molecule is CCCCOc1ccccc1NC(=O)c1cccc(OCc2c(C)noc2C)c1. The zero-order valence-electron chi connectivity index (χ0n) is 17.0. The van der Waals surface area contributed by atoms with Crippen LogP contribution in [0.3, 0.4) is 0 Å². The Kier molecular flexibility index (Phi) is 6.89. The highest BCUT2D eigenvalue weighted by Crippen LogP contribution is 2.25. The Morgan fingerprint density at radius 1 is 1.10 bits per heavy atom. The van der Waals surface area contributed by atoms with Crippen molar-refractivity contribution < 1.29 is 18.8 Å².